The number of rotatable bonds is 7. The molecule has 9 nitrogen and oxygen atoms in total. The van der Waals surface area contributed by atoms with Gasteiger partial charge in [-0.05, 0) is 36.6 Å². The minimum absolute atomic E-state index is 0.0400. The number of aliphatic hydroxyl groups excluding tert-OH is 1. The van der Waals surface area contributed by atoms with Crippen LogP contribution < -0.4 is 11.1 Å². The fourth-order valence-electron chi connectivity index (χ4n) is 4.47. The molecule has 3 atom stereocenters. The van der Waals surface area contributed by atoms with Gasteiger partial charge in [-0.25, -0.2) is 12.8 Å². The number of hydrogen-bond donors (Lipinski definition) is 3. The lowest BCUT2D eigenvalue weighted by molar-refractivity contribution is 0.0833. The third kappa shape index (κ3) is 4.98. The first-order valence-corrected chi connectivity index (χ1v) is 13.0. The van der Waals surface area contributed by atoms with Crippen LogP contribution in [0.3, 0.4) is 0 Å². The molecule has 1 saturated heterocycles. The van der Waals surface area contributed by atoms with Gasteiger partial charge in [0.05, 0.1) is 6.26 Å². The first kappa shape index (κ1) is 25.0. The molecule has 0 saturated carbocycles. The molecule has 1 fully saturated rings. The van der Waals surface area contributed by atoms with E-state index < -0.39 is 39.9 Å². The van der Waals surface area contributed by atoms with E-state index in [0.29, 0.717) is 12.1 Å². The van der Waals surface area contributed by atoms with E-state index in [0.717, 1.165) is 26.4 Å². The van der Waals surface area contributed by atoms with E-state index in [-0.39, 0.29) is 24.5 Å². The van der Waals surface area contributed by atoms with E-state index in [2.05, 4.69) is 10.4 Å². The van der Waals surface area contributed by atoms with Gasteiger partial charge >= 0.3 is 0 Å². The van der Waals surface area contributed by atoms with Gasteiger partial charge in [0.1, 0.15) is 11.9 Å². The summed E-state index contributed by atoms with van der Waals surface area (Å²) in [6, 6.07) is 15.0. The van der Waals surface area contributed by atoms with Gasteiger partial charge in [-0.15, -0.1) is 0 Å². The molecule has 1 aliphatic heterocycles. The summed E-state index contributed by atoms with van der Waals surface area (Å²) in [5.41, 5.74) is 7.68. The molecule has 2 heterocycles. The first-order chi connectivity index (χ1) is 16.6. The monoisotopic (exact) mass is 501 g/mol. The predicted octanol–water partition coefficient (Wildman–Crippen LogP) is 2.24. The summed E-state index contributed by atoms with van der Waals surface area (Å²) in [5, 5.41) is 17.6. The molecule has 3 aromatic rings. The normalized spacial score (nSPS) is 20.8. The maximum atomic E-state index is 15.8. The molecular formula is C24H28FN5O4S. The maximum absolute atomic E-state index is 15.8. The van der Waals surface area contributed by atoms with E-state index in [1.54, 1.807) is 37.3 Å². The number of hydrogen-bond acceptors (Lipinski definition) is 7. The van der Waals surface area contributed by atoms with Crippen LogP contribution in [0, 0.1) is 5.82 Å². The highest BCUT2D eigenvalue weighted by molar-refractivity contribution is 7.88. The lowest BCUT2D eigenvalue weighted by Crippen LogP contribution is -2.39. The molecule has 35 heavy (non-hydrogen) atoms. The second-order valence-electron chi connectivity index (χ2n) is 8.66. The van der Waals surface area contributed by atoms with Crippen molar-refractivity contribution in [2.24, 2.45) is 5.73 Å². The zero-order valence-electron chi connectivity index (χ0n) is 19.4. The van der Waals surface area contributed by atoms with Crippen molar-refractivity contribution in [2.75, 3.05) is 11.6 Å². The van der Waals surface area contributed by atoms with Gasteiger partial charge in [0.2, 0.25) is 10.0 Å². The van der Waals surface area contributed by atoms with E-state index in [1.165, 1.54) is 0 Å². The molecule has 0 aliphatic carbocycles. The number of sulfonamides is 1. The van der Waals surface area contributed by atoms with Gasteiger partial charge in [0.15, 0.2) is 11.6 Å². The Bertz CT molecular complexity index is 1310. The van der Waals surface area contributed by atoms with Crippen LogP contribution in [0.4, 0.5) is 10.2 Å². The van der Waals surface area contributed by atoms with Crippen molar-refractivity contribution in [3.8, 4) is 0 Å². The molecule has 11 heteroatoms. The molecule has 0 radical (unpaired) electrons. The highest BCUT2D eigenvalue weighted by atomic mass is 32.2. The van der Waals surface area contributed by atoms with Crippen LogP contribution >= 0.6 is 0 Å². The van der Waals surface area contributed by atoms with Gasteiger partial charge in [0.25, 0.3) is 5.91 Å². The van der Waals surface area contributed by atoms with Crippen molar-refractivity contribution in [3.05, 3.63) is 82.8 Å². The molecule has 186 valence electrons. The summed E-state index contributed by atoms with van der Waals surface area (Å²) in [6.07, 6.45) is -0.356. The standard InChI is InChI=1S/C24H28FN5O4S/c1-15-19(12-20(31)30(15)35(2,33)34)22-21(25)23(27-14-17-10-8-16(13-26)9-11-17)29(28-22)24(32)18-6-4-3-5-7-18/h3-11,15,19-20,27,31H,12-14,26H2,1-2H3. The zero-order valence-corrected chi connectivity index (χ0v) is 20.2. The van der Waals surface area contributed by atoms with Gasteiger partial charge in [-0.3, -0.25) is 4.79 Å². The van der Waals surface area contributed by atoms with Crippen molar-refractivity contribution in [1.29, 1.82) is 0 Å². The Morgan fingerprint density at radius 1 is 1.17 bits per heavy atom. The van der Waals surface area contributed by atoms with Crippen molar-refractivity contribution in [1.82, 2.24) is 14.1 Å². The van der Waals surface area contributed by atoms with Crippen LogP contribution in [-0.2, 0) is 23.1 Å². The Hall–Kier alpha value is -3.12. The second kappa shape index (κ2) is 9.86. The minimum Gasteiger partial charge on any atom is -0.377 e. The number of aromatic nitrogens is 2. The number of carbonyl (C=O) groups excluding carboxylic acids is 1. The van der Waals surface area contributed by atoms with Crippen LogP contribution in [0.5, 0.6) is 0 Å². The van der Waals surface area contributed by atoms with E-state index in [9.17, 15) is 18.3 Å². The number of nitrogens with zero attached hydrogens (tertiary/aromatic N) is 3. The molecule has 2 aromatic carbocycles. The summed E-state index contributed by atoms with van der Waals surface area (Å²) < 4.78 is 42.0. The first-order valence-electron chi connectivity index (χ1n) is 11.2. The number of nitrogens with one attached hydrogen (secondary N) is 1. The number of carbonyl (C=O) groups is 1. The molecule has 0 amide bonds. The molecule has 1 aromatic heterocycles. The smallest absolute Gasteiger partial charge is 0.280 e. The van der Waals surface area contributed by atoms with Crippen LogP contribution in [0.1, 0.15) is 46.4 Å². The van der Waals surface area contributed by atoms with E-state index in [1.807, 2.05) is 24.3 Å². The second-order valence-corrected chi connectivity index (χ2v) is 10.5. The molecule has 4 N–H and O–H groups in total. The Balaban J connectivity index is 1.72. The van der Waals surface area contributed by atoms with Crippen LogP contribution in [0.15, 0.2) is 54.6 Å². The fraction of sp³-hybridized carbons (Fsp3) is 0.333. The molecular weight excluding hydrogens is 473 g/mol. The lowest BCUT2D eigenvalue weighted by atomic mass is 9.97. The largest absolute Gasteiger partial charge is 0.377 e. The SMILES string of the molecule is CC1C(c2nn(C(=O)c3ccccc3)c(NCc3ccc(CN)cc3)c2F)CC(O)N1S(C)(=O)=O. The Kier molecular flexibility index (Phi) is 7.04. The molecule has 0 bridgehead atoms. The summed E-state index contributed by atoms with van der Waals surface area (Å²) in [7, 11) is -3.73. The number of anilines is 1. The van der Waals surface area contributed by atoms with Gasteiger partial charge in [0, 0.05) is 30.6 Å². The summed E-state index contributed by atoms with van der Waals surface area (Å²) >= 11 is 0. The number of aliphatic hydroxyl groups is 1. The molecule has 0 spiro atoms. The van der Waals surface area contributed by atoms with Crippen molar-refractivity contribution in [2.45, 2.75) is 44.6 Å². The molecule has 4 rings (SSSR count). The number of nitrogens with two attached hydrogens (primary N) is 1. The van der Waals surface area contributed by atoms with Gasteiger partial charge in [-0.2, -0.15) is 14.1 Å². The highest BCUT2D eigenvalue weighted by Crippen LogP contribution is 2.40. The Morgan fingerprint density at radius 3 is 2.37 bits per heavy atom. The molecule has 3 unspecified atom stereocenters. The van der Waals surface area contributed by atoms with Gasteiger partial charge < -0.3 is 16.2 Å². The fourth-order valence-corrected chi connectivity index (χ4v) is 5.75. The summed E-state index contributed by atoms with van der Waals surface area (Å²) in [5.74, 6) is -2.17. The maximum Gasteiger partial charge on any atom is 0.280 e. The minimum atomic E-state index is -3.73. The van der Waals surface area contributed by atoms with Crippen molar-refractivity contribution in [3.63, 3.8) is 0 Å². The quantitative estimate of drug-likeness (QED) is 0.453. The van der Waals surface area contributed by atoms with Crippen LogP contribution in [0.2, 0.25) is 0 Å². The third-order valence-electron chi connectivity index (χ3n) is 6.26. The predicted molar refractivity (Wildman–Crippen MR) is 130 cm³/mol. The molecule has 1 aliphatic rings. The number of benzene rings is 2. The summed E-state index contributed by atoms with van der Waals surface area (Å²) in [6.45, 7) is 2.21. The topological polar surface area (TPSA) is 131 Å². The zero-order chi connectivity index (χ0) is 25.3. The average molecular weight is 502 g/mol. The van der Waals surface area contributed by atoms with Crippen LogP contribution in [0.25, 0.3) is 0 Å². The Labute approximate surface area is 203 Å². The number of halogens is 1. The van der Waals surface area contributed by atoms with E-state index in [4.69, 9.17) is 5.73 Å². The van der Waals surface area contributed by atoms with Crippen molar-refractivity contribution < 1.29 is 22.7 Å². The third-order valence-corrected chi connectivity index (χ3v) is 7.60. The average Bonchev–Trinajstić information content (AvgIpc) is 3.32. The van der Waals surface area contributed by atoms with Crippen molar-refractivity contribution >= 4 is 21.7 Å². The van der Waals surface area contributed by atoms with E-state index >= 15 is 4.39 Å². The highest BCUT2D eigenvalue weighted by Gasteiger charge is 2.46. The van der Waals surface area contributed by atoms with Gasteiger partial charge in [-0.1, -0.05) is 42.5 Å². The lowest BCUT2D eigenvalue weighted by Gasteiger charge is -2.23. The Morgan fingerprint density at radius 2 is 1.80 bits per heavy atom. The van der Waals surface area contributed by atoms with Crippen LogP contribution in [-0.4, -0.2) is 52.0 Å². The summed E-state index contributed by atoms with van der Waals surface area (Å²) in [4.78, 5) is 13.2.